The van der Waals surface area contributed by atoms with Gasteiger partial charge >= 0.3 is 6.03 Å². The molecule has 140 valence electrons. The zero-order valence-electron chi connectivity index (χ0n) is 14.5. The molecule has 8 heteroatoms. The van der Waals surface area contributed by atoms with E-state index in [-0.39, 0.29) is 6.42 Å². The molecule has 0 aromatic heterocycles. The zero-order valence-corrected chi connectivity index (χ0v) is 14.5. The summed E-state index contributed by atoms with van der Waals surface area (Å²) in [7, 11) is 0. The lowest BCUT2D eigenvalue weighted by molar-refractivity contribution is -0.134. The van der Waals surface area contributed by atoms with Gasteiger partial charge in [-0.3, -0.25) is 14.5 Å². The Morgan fingerprint density at radius 1 is 1.04 bits per heavy atom. The molecule has 2 aromatic rings. The van der Waals surface area contributed by atoms with Gasteiger partial charge in [-0.2, -0.15) is 0 Å². The topological polar surface area (TPSA) is 78.5 Å². The van der Waals surface area contributed by atoms with Crippen molar-refractivity contribution in [3.8, 4) is 0 Å². The van der Waals surface area contributed by atoms with E-state index in [1.807, 2.05) is 0 Å². The summed E-state index contributed by atoms with van der Waals surface area (Å²) in [4.78, 5) is 38.2. The molecule has 27 heavy (non-hydrogen) atoms. The van der Waals surface area contributed by atoms with E-state index in [0.29, 0.717) is 11.3 Å². The molecule has 2 aromatic carbocycles. The fraction of sp³-hybridized carbons (Fsp3) is 0.211. The van der Waals surface area contributed by atoms with E-state index in [9.17, 15) is 23.2 Å². The van der Waals surface area contributed by atoms with E-state index in [1.54, 1.807) is 6.92 Å². The highest BCUT2D eigenvalue weighted by atomic mass is 19.1. The van der Waals surface area contributed by atoms with E-state index in [4.69, 9.17) is 0 Å². The molecule has 2 N–H and O–H groups in total. The molecule has 4 amide bonds. The standard InChI is InChI=1S/C19H17F2N3O3/c1-2-19(12-3-5-13(20)6-4-12)17(26)24(18(27)23-19)11-16(25)22-15-9-7-14(21)8-10-15/h3-10H,2,11H2,1H3,(H,22,25)(H,23,27)/t19-/m1/s1. The van der Waals surface area contributed by atoms with Crippen molar-refractivity contribution in [3.05, 3.63) is 65.7 Å². The Hall–Kier alpha value is -3.29. The summed E-state index contributed by atoms with van der Waals surface area (Å²) in [5, 5.41) is 5.12. The number of rotatable bonds is 5. The van der Waals surface area contributed by atoms with E-state index >= 15 is 0 Å². The van der Waals surface area contributed by atoms with Crippen molar-refractivity contribution in [2.45, 2.75) is 18.9 Å². The number of imide groups is 1. The number of carbonyl (C=O) groups excluding carboxylic acids is 3. The third-order valence-electron chi connectivity index (χ3n) is 4.47. The van der Waals surface area contributed by atoms with Gasteiger partial charge in [0.05, 0.1) is 0 Å². The Balaban J connectivity index is 1.77. The smallest absolute Gasteiger partial charge is 0.325 e. The van der Waals surface area contributed by atoms with Crippen LogP contribution in [-0.4, -0.2) is 29.3 Å². The van der Waals surface area contributed by atoms with Crippen LogP contribution in [0.2, 0.25) is 0 Å². The van der Waals surface area contributed by atoms with Crippen LogP contribution in [0.3, 0.4) is 0 Å². The highest BCUT2D eigenvalue weighted by Gasteiger charge is 2.51. The third kappa shape index (κ3) is 3.51. The number of hydrogen-bond acceptors (Lipinski definition) is 3. The maximum atomic E-state index is 13.2. The van der Waals surface area contributed by atoms with Gasteiger partial charge in [0.25, 0.3) is 5.91 Å². The molecule has 1 aliphatic heterocycles. The first-order chi connectivity index (χ1) is 12.9. The second-order valence-electron chi connectivity index (χ2n) is 6.14. The predicted molar refractivity (Wildman–Crippen MR) is 93.6 cm³/mol. The van der Waals surface area contributed by atoms with Crippen LogP contribution < -0.4 is 10.6 Å². The van der Waals surface area contributed by atoms with Gasteiger partial charge in [0.2, 0.25) is 5.91 Å². The summed E-state index contributed by atoms with van der Waals surface area (Å²) in [6.07, 6.45) is 0.235. The Morgan fingerprint density at radius 2 is 1.59 bits per heavy atom. The molecule has 6 nitrogen and oxygen atoms in total. The molecule has 1 heterocycles. The fourth-order valence-electron chi connectivity index (χ4n) is 3.02. The molecular formula is C19H17F2N3O3. The van der Waals surface area contributed by atoms with Crippen molar-refractivity contribution >= 4 is 23.5 Å². The number of halogens is 2. The van der Waals surface area contributed by atoms with Crippen LogP contribution in [0.5, 0.6) is 0 Å². The minimum Gasteiger partial charge on any atom is -0.325 e. The van der Waals surface area contributed by atoms with Crippen LogP contribution >= 0.6 is 0 Å². The zero-order chi connectivity index (χ0) is 19.6. The molecule has 0 saturated carbocycles. The first-order valence-electron chi connectivity index (χ1n) is 8.31. The van der Waals surface area contributed by atoms with Crippen molar-refractivity contribution in [2.75, 3.05) is 11.9 Å². The van der Waals surface area contributed by atoms with Crippen molar-refractivity contribution in [1.82, 2.24) is 10.2 Å². The lowest BCUT2D eigenvalue weighted by Crippen LogP contribution is -2.44. The van der Waals surface area contributed by atoms with Gasteiger partial charge in [0, 0.05) is 5.69 Å². The number of nitrogens with one attached hydrogen (secondary N) is 2. The lowest BCUT2D eigenvalue weighted by atomic mass is 9.87. The molecule has 1 aliphatic rings. The number of benzene rings is 2. The van der Waals surface area contributed by atoms with Crippen molar-refractivity contribution < 1.29 is 23.2 Å². The Bertz CT molecular complexity index is 884. The van der Waals surface area contributed by atoms with Gasteiger partial charge < -0.3 is 10.6 Å². The maximum absolute atomic E-state index is 13.2. The summed E-state index contributed by atoms with van der Waals surface area (Å²) < 4.78 is 26.1. The summed E-state index contributed by atoms with van der Waals surface area (Å²) >= 11 is 0. The second-order valence-corrected chi connectivity index (χ2v) is 6.14. The van der Waals surface area contributed by atoms with E-state index in [0.717, 1.165) is 4.90 Å². The van der Waals surface area contributed by atoms with Crippen LogP contribution in [0.15, 0.2) is 48.5 Å². The first-order valence-corrected chi connectivity index (χ1v) is 8.31. The molecule has 0 aliphatic carbocycles. The first kappa shape index (κ1) is 18.5. The van der Waals surface area contributed by atoms with Gasteiger partial charge in [-0.25, -0.2) is 13.6 Å². The number of amides is 4. The highest BCUT2D eigenvalue weighted by Crippen LogP contribution is 2.32. The lowest BCUT2D eigenvalue weighted by Gasteiger charge is -2.25. The minimum atomic E-state index is -1.35. The number of urea groups is 1. The molecule has 1 atom stereocenters. The average molecular weight is 373 g/mol. The van der Waals surface area contributed by atoms with Gasteiger partial charge in [-0.15, -0.1) is 0 Å². The number of carbonyl (C=O) groups is 3. The maximum Gasteiger partial charge on any atom is 0.325 e. The van der Waals surface area contributed by atoms with Gasteiger partial charge in [-0.1, -0.05) is 19.1 Å². The average Bonchev–Trinajstić information content (AvgIpc) is 2.89. The molecule has 3 rings (SSSR count). The molecular weight excluding hydrogens is 356 g/mol. The van der Waals surface area contributed by atoms with E-state index in [1.165, 1.54) is 48.5 Å². The Kier molecular flexibility index (Phi) is 4.89. The molecule has 1 fully saturated rings. The van der Waals surface area contributed by atoms with Gasteiger partial charge in [0.1, 0.15) is 23.7 Å². The van der Waals surface area contributed by atoms with Crippen LogP contribution in [-0.2, 0) is 15.1 Å². The fourth-order valence-corrected chi connectivity index (χ4v) is 3.02. The Labute approximate surface area is 154 Å². The van der Waals surface area contributed by atoms with Gasteiger partial charge in [0.15, 0.2) is 0 Å². The quantitative estimate of drug-likeness (QED) is 0.791. The SMILES string of the molecule is CC[C@]1(c2ccc(F)cc2)NC(=O)N(CC(=O)Nc2ccc(F)cc2)C1=O. The predicted octanol–water partition coefficient (Wildman–Crippen LogP) is 2.76. The molecule has 0 radical (unpaired) electrons. The summed E-state index contributed by atoms with van der Waals surface area (Å²) in [5.41, 5.74) is -0.569. The number of nitrogens with zero attached hydrogens (tertiary/aromatic N) is 1. The number of anilines is 1. The second kappa shape index (κ2) is 7.14. The van der Waals surface area contributed by atoms with Crippen molar-refractivity contribution in [3.63, 3.8) is 0 Å². The summed E-state index contributed by atoms with van der Waals surface area (Å²) in [6, 6.07) is 9.66. The number of hydrogen-bond donors (Lipinski definition) is 2. The molecule has 0 spiro atoms. The van der Waals surface area contributed by atoms with Crippen LogP contribution in [0, 0.1) is 11.6 Å². The van der Waals surface area contributed by atoms with Crippen LogP contribution in [0.1, 0.15) is 18.9 Å². The van der Waals surface area contributed by atoms with Crippen LogP contribution in [0.25, 0.3) is 0 Å². The normalized spacial score (nSPS) is 19.1. The Morgan fingerprint density at radius 3 is 2.15 bits per heavy atom. The minimum absolute atomic E-state index is 0.235. The van der Waals surface area contributed by atoms with Crippen molar-refractivity contribution in [1.29, 1.82) is 0 Å². The monoisotopic (exact) mass is 373 g/mol. The molecule has 0 unspecified atom stereocenters. The summed E-state index contributed by atoms with van der Waals surface area (Å²) in [5.74, 6) is -2.10. The third-order valence-corrected chi connectivity index (χ3v) is 4.47. The molecule has 0 bridgehead atoms. The van der Waals surface area contributed by atoms with Crippen molar-refractivity contribution in [2.24, 2.45) is 0 Å². The highest BCUT2D eigenvalue weighted by molar-refractivity contribution is 6.10. The van der Waals surface area contributed by atoms with Crippen LogP contribution in [0.4, 0.5) is 19.3 Å². The van der Waals surface area contributed by atoms with E-state index in [2.05, 4.69) is 10.6 Å². The molecule has 1 saturated heterocycles. The largest absolute Gasteiger partial charge is 0.325 e. The van der Waals surface area contributed by atoms with Gasteiger partial charge in [-0.05, 0) is 48.4 Å². The summed E-state index contributed by atoms with van der Waals surface area (Å²) in [6.45, 7) is 1.22. The van der Waals surface area contributed by atoms with E-state index < -0.39 is 41.6 Å².